The van der Waals surface area contributed by atoms with Crippen LogP contribution >= 0.6 is 0 Å². The molecule has 0 amide bonds. The molecule has 0 heterocycles. The number of alkyl halides is 3. The van der Waals surface area contributed by atoms with Crippen LogP contribution in [0.1, 0.15) is 0 Å². The molecule has 0 radical (unpaired) electrons. The molecule has 8 nitrogen and oxygen atoms in total. The Balaban J connectivity index is -0.000000155. The van der Waals surface area contributed by atoms with Gasteiger partial charge in [-0.15, -0.1) is 18.4 Å². The van der Waals surface area contributed by atoms with Gasteiger partial charge in [-0.3, -0.25) is 5.41 Å². The van der Waals surface area contributed by atoms with Crippen molar-refractivity contribution < 1.29 is 33.0 Å². The number of guanidine groups is 1. The minimum absolute atomic E-state index is 0.333. The summed E-state index contributed by atoms with van der Waals surface area (Å²) in [7, 11) is -2.17. The number of nitrogens with one attached hydrogen (secondary N) is 1. The van der Waals surface area contributed by atoms with Gasteiger partial charge in [-0.25, -0.2) is 0 Å². The van der Waals surface area contributed by atoms with Gasteiger partial charge in [0.1, 0.15) is 0 Å². The van der Waals surface area contributed by atoms with E-state index in [-0.39, 0.29) is 5.96 Å². The van der Waals surface area contributed by atoms with Crippen LogP contribution in [0.25, 0.3) is 0 Å². The second-order valence-electron chi connectivity index (χ2n) is 1.44. The Morgan fingerprint density at radius 1 is 1.33 bits per heavy atom. The summed E-state index contributed by atoms with van der Waals surface area (Å²) < 4.78 is 34.4. The first kappa shape index (κ1) is 19.0. The topological polar surface area (TPSA) is 170 Å². The molecule has 0 aromatic heterocycles. The fraction of sp³-hybridized carbons (Fsp3) is 0.333. The van der Waals surface area contributed by atoms with Crippen molar-refractivity contribution in [2.45, 2.75) is 6.36 Å². The molecular formula is C3H8BF3N4O4. The molecule has 0 aromatic carbocycles. The van der Waals surface area contributed by atoms with E-state index in [4.69, 9.17) is 25.7 Å². The van der Waals surface area contributed by atoms with Gasteiger partial charge in [0.2, 0.25) is 0 Å². The molecule has 0 atom stereocenters. The van der Waals surface area contributed by atoms with Crippen LogP contribution < -0.4 is 11.5 Å². The van der Waals surface area contributed by atoms with Crippen LogP contribution in [0, 0.1) is 16.9 Å². The second-order valence-corrected chi connectivity index (χ2v) is 1.44. The van der Waals surface area contributed by atoms with Crippen LogP contribution in [-0.2, 0) is 4.74 Å². The van der Waals surface area contributed by atoms with Gasteiger partial charge in [0, 0.05) is 0 Å². The second kappa shape index (κ2) is 10.4. The maximum atomic E-state index is 10.6. The Labute approximate surface area is 82.2 Å². The maximum Gasteiger partial charge on any atom is 0.631 e. The molecule has 0 saturated carbocycles. The standard InChI is InChI=1S/C2F3NO.CH5N3.BH3O3/c3-2(4,5)7-1-6;2*2-1(3)4/h;(H5,2,3,4);2-4H. The highest BCUT2D eigenvalue weighted by molar-refractivity contribution is 6.30. The van der Waals surface area contributed by atoms with E-state index < -0.39 is 13.7 Å². The minimum atomic E-state index is -4.81. The van der Waals surface area contributed by atoms with Gasteiger partial charge in [-0.1, -0.05) is 0 Å². The fourth-order valence-electron chi connectivity index (χ4n) is 0.0518. The smallest absolute Gasteiger partial charge is 0.402 e. The quantitative estimate of drug-likeness (QED) is 0.119. The molecular weight excluding hydrogens is 224 g/mol. The van der Waals surface area contributed by atoms with Crippen LogP contribution in [-0.4, -0.2) is 34.7 Å². The Hall–Kier alpha value is -1.71. The molecule has 0 aromatic rings. The highest BCUT2D eigenvalue weighted by Gasteiger charge is 2.30. The Morgan fingerprint density at radius 2 is 1.53 bits per heavy atom. The highest BCUT2D eigenvalue weighted by Crippen LogP contribution is 2.14. The summed E-state index contributed by atoms with van der Waals surface area (Å²) in [6.45, 7) is 0. The minimum Gasteiger partial charge on any atom is -0.402 e. The summed E-state index contributed by atoms with van der Waals surface area (Å²) in [5.41, 5.74) is 8.94. The number of hydrogen-bond donors (Lipinski definition) is 6. The molecule has 0 spiro atoms. The van der Waals surface area contributed by atoms with Crippen molar-refractivity contribution in [1.82, 2.24) is 0 Å². The van der Waals surface area contributed by atoms with Gasteiger partial charge in [0.25, 0.3) is 6.26 Å². The zero-order valence-electron chi connectivity index (χ0n) is 7.06. The van der Waals surface area contributed by atoms with Crippen molar-refractivity contribution in [3.8, 4) is 6.26 Å². The molecule has 8 N–H and O–H groups in total. The van der Waals surface area contributed by atoms with E-state index in [0.29, 0.717) is 6.26 Å². The number of ether oxygens (including phenoxy) is 1. The summed E-state index contributed by atoms with van der Waals surface area (Å²) in [6.07, 6.45) is -4.33. The van der Waals surface area contributed by atoms with Gasteiger partial charge < -0.3 is 31.3 Å². The molecule has 0 saturated heterocycles. The van der Waals surface area contributed by atoms with E-state index in [1.165, 1.54) is 0 Å². The molecule has 0 unspecified atom stereocenters. The van der Waals surface area contributed by atoms with Gasteiger partial charge in [-0.2, -0.15) is 0 Å². The molecule has 0 aliphatic heterocycles. The van der Waals surface area contributed by atoms with E-state index in [1.807, 2.05) is 0 Å². The van der Waals surface area contributed by atoms with Crippen LogP contribution in [0.5, 0.6) is 0 Å². The summed E-state index contributed by atoms with van der Waals surface area (Å²) in [5, 5.41) is 34.8. The average molecular weight is 232 g/mol. The number of nitriles is 1. The summed E-state index contributed by atoms with van der Waals surface area (Å²) in [5.74, 6) is -0.333. The SMILES string of the molecule is N#COC(F)(F)F.N=C(N)N.OB(O)O. The predicted octanol–water partition coefficient (Wildman–Crippen LogP) is -2.21. The first-order valence-corrected chi connectivity index (χ1v) is 2.80. The van der Waals surface area contributed by atoms with Crippen molar-refractivity contribution in [2.75, 3.05) is 0 Å². The van der Waals surface area contributed by atoms with Crippen LogP contribution in [0.3, 0.4) is 0 Å². The van der Waals surface area contributed by atoms with Gasteiger partial charge >= 0.3 is 13.7 Å². The lowest BCUT2D eigenvalue weighted by Crippen LogP contribution is -2.20. The Morgan fingerprint density at radius 3 is 1.53 bits per heavy atom. The lowest BCUT2D eigenvalue weighted by molar-refractivity contribution is -0.292. The van der Waals surface area contributed by atoms with E-state index in [1.54, 1.807) is 0 Å². The number of rotatable bonds is 0. The molecule has 0 aliphatic rings. The normalized spacial score (nSPS) is 8.07. The van der Waals surface area contributed by atoms with Crippen molar-refractivity contribution in [3.05, 3.63) is 0 Å². The van der Waals surface area contributed by atoms with Gasteiger partial charge in [0.15, 0.2) is 5.96 Å². The van der Waals surface area contributed by atoms with E-state index in [2.05, 4.69) is 16.2 Å². The zero-order valence-corrected chi connectivity index (χ0v) is 7.06. The Kier molecular flexibility index (Phi) is 13.1. The largest absolute Gasteiger partial charge is 0.631 e. The summed E-state index contributed by atoms with van der Waals surface area (Å²) >= 11 is 0. The monoisotopic (exact) mass is 232 g/mol. The van der Waals surface area contributed by atoms with Gasteiger partial charge in [-0.05, 0) is 0 Å². The highest BCUT2D eigenvalue weighted by atomic mass is 19.4. The average Bonchev–Trinajstić information content (AvgIpc) is 1.79. The lowest BCUT2D eigenvalue weighted by atomic mass is 10.3. The lowest BCUT2D eigenvalue weighted by Gasteiger charge is -1.95. The molecule has 88 valence electrons. The van der Waals surface area contributed by atoms with E-state index in [9.17, 15) is 13.2 Å². The van der Waals surface area contributed by atoms with E-state index in [0.717, 1.165) is 0 Å². The zero-order chi connectivity index (χ0) is 13.1. The fourth-order valence-corrected chi connectivity index (χ4v) is 0.0518. The summed E-state index contributed by atoms with van der Waals surface area (Å²) in [4.78, 5) is 0. The van der Waals surface area contributed by atoms with E-state index >= 15 is 0 Å². The van der Waals surface area contributed by atoms with Crippen LogP contribution in [0.4, 0.5) is 13.2 Å². The third kappa shape index (κ3) is 247. The Bertz CT molecular complexity index is 198. The molecule has 0 bridgehead atoms. The van der Waals surface area contributed by atoms with Crippen LogP contribution in [0.15, 0.2) is 0 Å². The summed E-state index contributed by atoms with van der Waals surface area (Å²) in [6, 6.07) is 0. The third-order valence-corrected chi connectivity index (χ3v) is 0.161. The van der Waals surface area contributed by atoms with Gasteiger partial charge in [0.05, 0.1) is 0 Å². The third-order valence-electron chi connectivity index (χ3n) is 0.161. The maximum absolute atomic E-state index is 10.6. The van der Waals surface area contributed by atoms with Crippen molar-refractivity contribution in [1.29, 1.82) is 10.7 Å². The van der Waals surface area contributed by atoms with Crippen LogP contribution in [0.2, 0.25) is 0 Å². The molecule has 0 fully saturated rings. The number of halogens is 3. The van der Waals surface area contributed by atoms with Crippen molar-refractivity contribution >= 4 is 13.3 Å². The van der Waals surface area contributed by atoms with Crippen molar-refractivity contribution in [2.24, 2.45) is 11.5 Å². The van der Waals surface area contributed by atoms with Crippen molar-refractivity contribution in [3.63, 3.8) is 0 Å². The number of nitrogens with zero attached hydrogens (tertiary/aromatic N) is 1. The molecule has 0 rings (SSSR count). The molecule has 0 aliphatic carbocycles. The predicted molar refractivity (Wildman–Crippen MR) is 41.3 cm³/mol. The first-order chi connectivity index (χ1) is 6.52. The molecule has 15 heavy (non-hydrogen) atoms. The number of hydrogen-bond acceptors (Lipinski definition) is 6. The first-order valence-electron chi connectivity index (χ1n) is 2.80. The number of nitrogens with two attached hydrogens (primary N) is 2. The molecule has 12 heteroatoms.